The quantitative estimate of drug-likeness (QED) is 0.853. The highest BCUT2D eigenvalue weighted by Crippen LogP contribution is 2.42. The molecule has 1 N–H and O–H groups in total. The summed E-state index contributed by atoms with van der Waals surface area (Å²) in [4.78, 5) is 16.1. The molecule has 1 aromatic heterocycles. The average Bonchev–Trinajstić information content (AvgIpc) is 2.92. The number of aromatic nitrogens is 1. The smallest absolute Gasteiger partial charge is 0.286 e. The minimum Gasteiger partial charge on any atom is -0.448 e. The molecule has 1 heterocycles. The summed E-state index contributed by atoms with van der Waals surface area (Å²) < 4.78 is 32.0. The van der Waals surface area contributed by atoms with Gasteiger partial charge in [0.05, 0.1) is 5.25 Å². The van der Waals surface area contributed by atoms with E-state index < -0.39 is 21.2 Å². The first kappa shape index (κ1) is 13.1. The fourth-order valence-corrected chi connectivity index (χ4v) is 4.93. The van der Waals surface area contributed by atoms with Gasteiger partial charge < -0.3 is 4.42 Å². The molecule has 3 aliphatic carbocycles. The van der Waals surface area contributed by atoms with Gasteiger partial charge in [0.2, 0.25) is 10.0 Å². The minimum absolute atomic E-state index is 0.0274. The van der Waals surface area contributed by atoms with Gasteiger partial charge in [0.15, 0.2) is 11.6 Å². The summed E-state index contributed by atoms with van der Waals surface area (Å²) in [5.41, 5.74) is 0.0409. The number of hydrogen-bond acceptors (Lipinski definition) is 5. The van der Waals surface area contributed by atoms with Gasteiger partial charge >= 0.3 is 0 Å². The van der Waals surface area contributed by atoms with E-state index in [1.807, 2.05) is 6.08 Å². The van der Waals surface area contributed by atoms with Gasteiger partial charge in [0, 0.05) is 5.92 Å². The number of sulfonamides is 1. The number of fused-ring (bicyclic) bond motifs is 2. The Kier molecular flexibility index (Phi) is 2.76. The molecule has 2 saturated carbocycles. The summed E-state index contributed by atoms with van der Waals surface area (Å²) in [5, 5.41) is -0.508. The fourth-order valence-electron chi connectivity index (χ4n) is 3.25. The van der Waals surface area contributed by atoms with Gasteiger partial charge in [-0.3, -0.25) is 4.79 Å². The minimum atomic E-state index is -3.67. The molecule has 6 nitrogen and oxygen atoms in total. The maximum absolute atomic E-state index is 12.3. The SMILES string of the molecule is O=C(NS(=O)(=O)C1CC2C=CC1C2)c1coc(C2CC2)n1. The molecule has 7 heteroatoms. The van der Waals surface area contributed by atoms with Crippen molar-refractivity contribution in [2.45, 2.75) is 36.9 Å². The Morgan fingerprint density at radius 1 is 1.29 bits per heavy atom. The molecule has 0 aromatic carbocycles. The predicted octanol–water partition coefficient (Wildman–Crippen LogP) is 1.58. The zero-order valence-electron chi connectivity index (χ0n) is 11.4. The zero-order chi connectivity index (χ0) is 14.6. The lowest BCUT2D eigenvalue weighted by Gasteiger charge is -2.18. The first-order valence-electron chi connectivity index (χ1n) is 7.22. The van der Waals surface area contributed by atoms with Crippen molar-refractivity contribution in [3.63, 3.8) is 0 Å². The Balaban J connectivity index is 1.48. The monoisotopic (exact) mass is 308 g/mol. The number of nitrogens with one attached hydrogen (secondary N) is 1. The number of carbonyl (C=O) groups is 1. The third kappa shape index (κ3) is 2.29. The second kappa shape index (κ2) is 4.43. The average molecular weight is 308 g/mol. The van der Waals surface area contributed by atoms with Crippen LogP contribution in [0.2, 0.25) is 0 Å². The lowest BCUT2D eigenvalue weighted by molar-refractivity contribution is 0.0976. The van der Waals surface area contributed by atoms with Crippen LogP contribution in [0.4, 0.5) is 0 Å². The van der Waals surface area contributed by atoms with Crippen LogP contribution >= 0.6 is 0 Å². The molecule has 2 fully saturated rings. The van der Waals surface area contributed by atoms with Crippen molar-refractivity contribution < 1.29 is 17.6 Å². The lowest BCUT2D eigenvalue weighted by Crippen LogP contribution is -2.40. The molecule has 0 saturated heterocycles. The fraction of sp³-hybridized carbons (Fsp3) is 0.571. The summed E-state index contributed by atoms with van der Waals surface area (Å²) in [6.07, 6.45) is 8.74. The van der Waals surface area contributed by atoms with Gasteiger partial charge in [0.25, 0.3) is 5.91 Å². The van der Waals surface area contributed by atoms with Crippen molar-refractivity contribution in [1.29, 1.82) is 0 Å². The van der Waals surface area contributed by atoms with E-state index in [9.17, 15) is 13.2 Å². The number of hydrogen-bond donors (Lipinski definition) is 1. The third-order valence-electron chi connectivity index (χ3n) is 4.53. The van der Waals surface area contributed by atoms with Crippen LogP contribution in [0.3, 0.4) is 0 Å². The van der Waals surface area contributed by atoms with Crippen LogP contribution in [0.1, 0.15) is 48.0 Å². The molecule has 3 atom stereocenters. The van der Waals surface area contributed by atoms with Crippen molar-refractivity contribution in [3.8, 4) is 0 Å². The first-order chi connectivity index (χ1) is 10.0. The van der Waals surface area contributed by atoms with Crippen LogP contribution < -0.4 is 4.72 Å². The Labute approximate surface area is 122 Å². The van der Waals surface area contributed by atoms with Gasteiger partial charge in [-0.2, -0.15) is 0 Å². The molecule has 2 bridgehead atoms. The van der Waals surface area contributed by atoms with Gasteiger partial charge in [-0.05, 0) is 37.5 Å². The van der Waals surface area contributed by atoms with Crippen LogP contribution in [0.25, 0.3) is 0 Å². The molecule has 0 spiro atoms. The van der Waals surface area contributed by atoms with Crippen LogP contribution in [0.5, 0.6) is 0 Å². The molecule has 1 amide bonds. The van der Waals surface area contributed by atoms with Crippen LogP contribution in [0.15, 0.2) is 22.8 Å². The molecule has 4 rings (SSSR count). The Morgan fingerprint density at radius 2 is 2.10 bits per heavy atom. The molecular weight excluding hydrogens is 292 g/mol. The summed E-state index contributed by atoms with van der Waals surface area (Å²) in [6, 6.07) is 0. The summed E-state index contributed by atoms with van der Waals surface area (Å²) in [7, 11) is -3.67. The van der Waals surface area contributed by atoms with E-state index in [1.54, 1.807) is 0 Å². The number of carbonyl (C=O) groups excluding carboxylic acids is 1. The van der Waals surface area contributed by atoms with Gasteiger partial charge in [0.1, 0.15) is 6.26 Å². The van der Waals surface area contributed by atoms with E-state index in [2.05, 4.69) is 15.8 Å². The highest BCUT2D eigenvalue weighted by Gasteiger charge is 2.44. The van der Waals surface area contributed by atoms with Gasteiger partial charge in [-0.1, -0.05) is 12.2 Å². The van der Waals surface area contributed by atoms with E-state index in [0.717, 1.165) is 19.3 Å². The molecular formula is C14H16N2O4S. The van der Waals surface area contributed by atoms with Gasteiger partial charge in [-0.15, -0.1) is 0 Å². The highest BCUT2D eigenvalue weighted by molar-refractivity contribution is 7.90. The maximum Gasteiger partial charge on any atom is 0.286 e. The van der Waals surface area contributed by atoms with E-state index in [-0.39, 0.29) is 11.6 Å². The van der Waals surface area contributed by atoms with E-state index >= 15 is 0 Å². The van der Waals surface area contributed by atoms with E-state index in [0.29, 0.717) is 24.1 Å². The Hall–Kier alpha value is -1.63. The molecule has 0 aliphatic heterocycles. The molecule has 0 radical (unpaired) electrons. The second-order valence-corrected chi connectivity index (χ2v) is 8.04. The summed E-state index contributed by atoms with van der Waals surface area (Å²) in [6.45, 7) is 0. The normalized spacial score (nSPS) is 30.8. The molecule has 3 aliphatic rings. The third-order valence-corrected chi connectivity index (χ3v) is 6.34. The number of nitrogens with zero attached hydrogens (tertiary/aromatic N) is 1. The van der Waals surface area contributed by atoms with Crippen LogP contribution in [0, 0.1) is 11.8 Å². The predicted molar refractivity (Wildman–Crippen MR) is 74.0 cm³/mol. The standard InChI is InChI=1S/C14H16N2O4S/c17-13(11-7-20-14(15-11)9-3-4-9)16-21(18,19)12-6-8-1-2-10(12)5-8/h1-2,7-10,12H,3-6H2,(H,16,17). The molecule has 3 unspecified atom stereocenters. The van der Waals surface area contributed by atoms with Crippen molar-refractivity contribution in [2.24, 2.45) is 11.8 Å². The maximum atomic E-state index is 12.3. The van der Waals surface area contributed by atoms with Crippen molar-refractivity contribution in [1.82, 2.24) is 9.71 Å². The van der Waals surface area contributed by atoms with Crippen LogP contribution in [-0.4, -0.2) is 24.6 Å². The Morgan fingerprint density at radius 3 is 2.71 bits per heavy atom. The number of oxazole rings is 1. The molecule has 21 heavy (non-hydrogen) atoms. The zero-order valence-corrected chi connectivity index (χ0v) is 12.2. The van der Waals surface area contributed by atoms with E-state index in [4.69, 9.17) is 4.42 Å². The van der Waals surface area contributed by atoms with Gasteiger partial charge in [-0.25, -0.2) is 18.1 Å². The first-order valence-corrected chi connectivity index (χ1v) is 8.77. The largest absolute Gasteiger partial charge is 0.448 e. The number of allylic oxidation sites excluding steroid dienone is 2. The van der Waals surface area contributed by atoms with Crippen LogP contribution in [-0.2, 0) is 10.0 Å². The number of rotatable bonds is 4. The Bertz CT molecular complexity index is 717. The number of amides is 1. The highest BCUT2D eigenvalue weighted by atomic mass is 32.2. The lowest BCUT2D eigenvalue weighted by atomic mass is 10.1. The summed E-state index contributed by atoms with van der Waals surface area (Å²) in [5.74, 6) is 0.483. The van der Waals surface area contributed by atoms with Crippen molar-refractivity contribution >= 4 is 15.9 Å². The summed E-state index contributed by atoms with van der Waals surface area (Å²) >= 11 is 0. The topological polar surface area (TPSA) is 89.3 Å². The molecule has 1 aromatic rings. The van der Waals surface area contributed by atoms with E-state index in [1.165, 1.54) is 6.26 Å². The molecule has 112 valence electrons. The second-order valence-electron chi connectivity index (χ2n) is 6.14. The van der Waals surface area contributed by atoms with Crippen molar-refractivity contribution in [2.75, 3.05) is 0 Å². The van der Waals surface area contributed by atoms with Crippen molar-refractivity contribution in [3.05, 3.63) is 30.0 Å².